The molecule has 1 aromatic carbocycles. The van der Waals surface area contributed by atoms with Gasteiger partial charge in [0.1, 0.15) is 23.2 Å². The molecular weight excluding hydrogens is 260 g/mol. The molecule has 1 aliphatic rings. The van der Waals surface area contributed by atoms with E-state index in [1.165, 1.54) is 34.9 Å². The van der Waals surface area contributed by atoms with E-state index in [0.717, 1.165) is 29.1 Å². The predicted molar refractivity (Wildman–Crippen MR) is 88.0 cm³/mol. The summed E-state index contributed by atoms with van der Waals surface area (Å²) in [6, 6.07) is 2.26. The molecule has 0 fully saturated rings. The lowest BCUT2D eigenvalue weighted by atomic mass is 9.94. The Kier molecular flexibility index (Phi) is 3.56. The lowest BCUT2D eigenvalue weighted by molar-refractivity contribution is 0.263. The summed E-state index contributed by atoms with van der Waals surface area (Å²) in [5.41, 5.74) is 6.02. The molecule has 2 nitrogen and oxygen atoms in total. The van der Waals surface area contributed by atoms with Gasteiger partial charge in [0, 0.05) is 22.1 Å². The summed E-state index contributed by atoms with van der Waals surface area (Å²) >= 11 is 0. The third kappa shape index (κ3) is 2.27. The monoisotopic (exact) mass is 284 g/mol. The lowest BCUT2D eigenvalue weighted by Gasteiger charge is -2.23. The van der Waals surface area contributed by atoms with Crippen LogP contribution in [0.4, 0.5) is 0 Å². The third-order valence-electron chi connectivity index (χ3n) is 4.46. The van der Waals surface area contributed by atoms with E-state index in [2.05, 4.69) is 46.8 Å². The van der Waals surface area contributed by atoms with E-state index >= 15 is 0 Å². The average molecular weight is 284 g/mol. The van der Waals surface area contributed by atoms with Crippen LogP contribution >= 0.6 is 0 Å². The Morgan fingerprint density at radius 2 is 1.95 bits per heavy atom. The maximum Gasteiger partial charge on any atom is 0.141 e. The smallest absolute Gasteiger partial charge is 0.141 e. The second-order valence-electron chi connectivity index (χ2n) is 6.17. The molecule has 0 amide bonds. The fourth-order valence-electron chi connectivity index (χ4n) is 3.31. The summed E-state index contributed by atoms with van der Waals surface area (Å²) in [6.45, 7) is 10.7. The molecule has 2 heterocycles. The van der Waals surface area contributed by atoms with E-state index in [9.17, 15) is 0 Å². The Balaban J connectivity index is 2.24. The fraction of sp³-hybridized carbons (Fsp3) is 0.474. The molecule has 0 N–H and O–H groups in total. The van der Waals surface area contributed by atoms with E-state index in [1.807, 2.05) is 0 Å². The van der Waals surface area contributed by atoms with Gasteiger partial charge in [0.05, 0.1) is 0 Å². The zero-order valence-electron chi connectivity index (χ0n) is 13.7. The molecule has 2 heteroatoms. The Hall–Kier alpha value is -1.70. The molecular formula is C19H24O2. The number of hydrogen-bond acceptors (Lipinski definition) is 2. The van der Waals surface area contributed by atoms with Crippen molar-refractivity contribution in [3.63, 3.8) is 0 Å². The third-order valence-corrected chi connectivity index (χ3v) is 4.46. The first-order valence-electron chi connectivity index (χ1n) is 7.94. The Labute approximate surface area is 126 Å². The molecule has 112 valence electrons. The van der Waals surface area contributed by atoms with Crippen LogP contribution in [-0.2, 0) is 6.42 Å². The van der Waals surface area contributed by atoms with Crippen LogP contribution in [0.3, 0.4) is 0 Å². The van der Waals surface area contributed by atoms with E-state index < -0.39 is 0 Å². The van der Waals surface area contributed by atoms with E-state index in [-0.39, 0.29) is 6.10 Å². The molecule has 1 aromatic heterocycles. The Morgan fingerprint density at radius 3 is 2.67 bits per heavy atom. The molecule has 0 spiro atoms. The SMILES string of the molecule is CCCCc1c(C)oc2c(C)c3c(cc12)C(C)=CC(C)O3. The maximum atomic E-state index is 6.06. The number of unbranched alkanes of at least 4 members (excludes halogenated alkanes) is 1. The van der Waals surface area contributed by atoms with Crippen LogP contribution in [0.25, 0.3) is 16.5 Å². The highest BCUT2D eigenvalue weighted by Crippen LogP contribution is 2.41. The molecule has 21 heavy (non-hydrogen) atoms. The summed E-state index contributed by atoms with van der Waals surface area (Å²) in [4.78, 5) is 0. The zero-order valence-corrected chi connectivity index (χ0v) is 13.7. The minimum Gasteiger partial charge on any atom is -0.486 e. The van der Waals surface area contributed by atoms with Crippen LogP contribution < -0.4 is 4.74 Å². The van der Waals surface area contributed by atoms with Gasteiger partial charge in [0.15, 0.2) is 0 Å². The molecule has 1 aliphatic heterocycles. The van der Waals surface area contributed by atoms with Crippen molar-refractivity contribution in [3.05, 3.63) is 34.6 Å². The van der Waals surface area contributed by atoms with E-state index in [0.29, 0.717) is 0 Å². The van der Waals surface area contributed by atoms with Crippen LogP contribution in [0.1, 0.15) is 56.1 Å². The highest BCUT2D eigenvalue weighted by molar-refractivity contribution is 5.92. The number of furan rings is 1. The van der Waals surface area contributed by atoms with Gasteiger partial charge in [-0.3, -0.25) is 0 Å². The molecule has 0 bridgehead atoms. The molecule has 0 saturated heterocycles. The van der Waals surface area contributed by atoms with Crippen LogP contribution in [0.15, 0.2) is 16.6 Å². The van der Waals surface area contributed by atoms with Crippen LogP contribution in [0, 0.1) is 13.8 Å². The number of fused-ring (bicyclic) bond motifs is 2. The minimum absolute atomic E-state index is 0.129. The van der Waals surface area contributed by atoms with Crippen molar-refractivity contribution in [2.24, 2.45) is 0 Å². The van der Waals surface area contributed by atoms with Crippen molar-refractivity contribution in [2.75, 3.05) is 0 Å². The largest absolute Gasteiger partial charge is 0.486 e. The summed E-state index contributed by atoms with van der Waals surface area (Å²) in [5.74, 6) is 2.05. The number of benzene rings is 1. The van der Waals surface area contributed by atoms with Gasteiger partial charge in [-0.15, -0.1) is 0 Å². The van der Waals surface area contributed by atoms with Crippen LogP contribution in [0.5, 0.6) is 5.75 Å². The zero-order chi connectivity index (χ0) is 15.1. The summed E-state index contributed by atoms with van der Waals surface area (Å²) in [7, 11) is 0. The summed E-state index contributed by atoms with van der Waals surface area (Å²) in [5, 5.41) is 1.27. The van der Waals surface area contributed by atoms with Gasteiger partial charge in [-0.05, 0) is 58.3 Å². The minimum atomic E-state index is 0.129. The van der Waals surface area contributed by atoms with Gasteiger partial charge in [0.25, 0.3) is 0 Å². The summed E-state index contributed by atoms with van der Waals surface area (Å²) < 4.78 is 12.1. The molecule has 0 radical (unpaired) electrons. The van der Waals surface area contributed by atoms with E-state index in [1.54, 1.807) is 0 Å². The van der Waals surface area contributed by atoms with Crippen molar-refractivity contribution in [3.8, 4) is 5.75 Å². The highest BCUT2D eigenvalue weighted by Gasteiger charge is 2.23. The quantitative estimate of drug-likeness (QED) is 0.734. The highest BCUT2D eigenvalue weighted by atomic mass is 16.5. The first-order valence-corrected chi connectivity index (χ1v) is 7.94. The van der Waals surface area contributed by atoms with Gasteiger partial charge < -0.3 is 9.15 Å². The van der Waals surface area contributed by atoms with Crippen molar-refractivity contribution >= 4 is 16.5 Å². The van der Waals surface area contributed by atoms with E-state index in [4.69, 9.17) is 9.15 Å². The van der Waals surface area contributed by atoms with Crippen molar-refractivity contribution in [1.29, 1.82) is 0 Å². The predicted octanol–water partition coefficient (Wildman–Crippen LogP) is 5.58. The standard InChI is InChI=1S/C19H24O2/c1-6-7-8-15-14(5)21-19-13(4)18-16(10-17(15)19)11(2)9-12(3)20-18/h9-10,12H,6-8H2,1-5H3. The van der Waals surface area contributed by atoms with Gasteiger partial charge in [-0.2, -0.15) is 0 Å². The first-order chi connectivity index (χ1) is 10.0. The van der Waals surface area contributed by atoms with Crippen molar-refractivity contribution < 1.29 is 9.15 Å². The molecule has 3 rings (SSSR count). The van der Waals surface area contributed by atoms with Gasteiger partial charge in [-0.25, -0.2) is 0 Å². The first kappa shape index (κ1) is 14.2. The van der Waals surface area contributed by atoms with Crippen LogP contribution in [0.2, 0.25) is 0 Å². The number of hydrogen-bond donors (Lipinski definition) is 0. The second kappa shape index (κ2) is 5.25. The number of aryl methyl sites for hydroxylation is 3. The normalized spacial score (nSPS) is 17.6. The number of rotatable bonds is 3. The van der Waals surface area contributed by atoms with Crippen LogP contribution in [-0.4, -0.2) is 6.10 Å². The second-order valence-corrected chi connectivity index (χ2v) is 6.17. The number of allylic oxidation sites excluding steroid dienone is 1. The van der Waals surface area contributed by atoms with Gasteiger partial charge >= 0.3 is 0 Å². The molecule has 1 atom stereocenters. The Morgan fingerprint density at radius 1 is 1.19 bits per heavy atom. The molecule has 1 unspecified atom stereocenters. The topological polar surface area (TPSA) is 22.4 Å². The molecule has 0 aliphatic carbocycles. The maximum absolute atomic E-state index is 6.06. The summed E-state index contributed by atoms with van der Waals surface area (Å²) in [6.07, 6.45) is 5.81. The van der Waals surface area contributed by atoms with Crippen molar-refractivity contribution in [1.82, 2.24) is 0 Å². The fourth-order valence-corrected chi connectivity index (χ4v) is 3.31. The molecule has 2 aromatic rings. The van der Waals surface area contributed by atoms with Crippen molar-refractivity contribution in [2.45, 2.75) is 60.0 Å². The average Bonchev–Trinajstić information content (AvgIpc) is 2.75. The molecule has 0 saturated carbocycles. The lowest BCUT2D eigenvalue weighted by Crippen LogP contribution is -2.15. The van der Waals surface area contributed by atoms with Gasteiger partial charge in [-0.1, -0.05) is 13.3 Å². The Bertz CT molecular complexity index is 719. The van der Waals surface area contributed by atoms with Gasteiger partial charge in [0.2, 0.25) is 0 Å². The number of ether oxygens (including phenoxy) is 1.